The van der Waals surface area contributed by atoms with E-state index < -0.39 is 5.92 Å². The van der Waals surface area contributed by atoms with Crippen LogP contribution in [0.25, 0.3) is 0 Å². The Labute approximate surface area is 163 Å². The number of carbonyl (C=O) groups excluding carboxylic acids is 3. The third-order valence-electron chi connectivity index (χ3n) is 5.00. The average Bonchev–Trinajstić information content (AvgIpc) is 2.84. The zero-order valence-corrected chi connectivity index (χ0v) is 15.2. The molecule has 138 valence electrons. The Morgan fingerprint density at radius 2 is 1.43 bits per heavy atom. The van der Waals surface area contributed by atoms with Crippen LogP contribution >= 0.6 is 0 Å². The van der Waals surface area contributed by atoms with Crippen LogP contribution in [0.1, 0.15) is 22.3 Å². The zero-order valence-electron chi connectivity index (χ0n) is 15.2. The first-order valence-electron chi connectivity index (χ1n) is 9.23. The second kappa shape index (κ2) is 7.61. The molecule has 3 aromatic rings. The molecule has 1 amide bonds. The van der Waals surface area contributed by atoms with Crippen molar-refractivity contribution in [3.05, 3.63) is 96.1 Å². The van der Waals surface area contributed by atoms with Crippen molar-refractivity contribution in [1.29, 1.82) is 0 Å². The molecule has 0 fully saturated rings. The largest absolute Gasteiger partial charge is 0.298 e. The van der Waals surface area contributed by atoms with Crippen molar-refractivity contribution in [3.8, 4) is 0 Å². The topological polar surface area (TPSA) is 54.5 Å². The molecule has 4 heteroatoms. The van der Waals surface area contributed by atoms with Crippen LogP contribution in [0.2, 0.25) is 0 Å². The number of Topliss-reactive ketones (excluding diaryl/α,β-unsaturated/α-hetero) is 2. The molecule has 28 heavy (non-hydrogen) atoms. The van der Waals surface area contributed by atoms with Crippen molar-refractivity contribution in [2.45, 2.75) is 12.8 Å². The first-order chi connectivity index (χ1) is 13.6. The van der Waals surface area contributed by atoms with Gasteiger partial charge in [0, 0.05) is 24.1 Å². The normalized spacial score (nSPS) is 16.4. The standard InChI is InChI=1S/C24H19NO3/c26-22(17-9-3-1-4-10-17)16-20-23(27)15-18-11-7-8-14-21(18)25(24(20)28)19-12-5-2-6-13-19/h1-14,20H,15-16H2. The summed E-state index contributed by atoms with van der Waals surface area (Å²) in [7, 11) is 0. The van der Waals surface area contributed by atoms with Gasteiger partial charge in [0.05, 0.1) is 5.69 Å². The number of hydrogen-bond acceptors (Lipinski definition) is 3. The molecule has 0 bridgehead atoms. The molecule has 4 nitrogen and oxygen atoms in total. The summed E-state index contributed by atoms with van der Waals surface area (Å²) < 4.78 is 0. The summed E-state index contributed by atoms with van der Waals surface area (Å²) in [5, 5.41) is 0. The van der Waals surface area contributed by atoms with E-state index in [-0.39, 0.29) is 30.3 Å². The minimum absolute atomic E-state index is 0.126. The quantitative estimate of drug-likeness (QED) is 0.507. The van der Waals surface area contributed by atoms with Gasteiger partial charge in [0.1, 0.15) is 11.7 Å². The lowest BCUT2D eigenvalue weighted by Gasteiger charge is -2.25. The lowest BCUT2D eigenvalue weighted by Crippen LogP contribution is -2.36. The molecule has 0 N–H and O–H groups in total. The van der Waals surface area contributed by atoms with E-state index in [0.717, 1.165) is 5.56 Å². The number of nitrogens with zero attached hydrogens (tertiary/aromatic N) is 1. The second-order valence-electron chi connectivity index (χ2n) is 6.83. The van der Waals surface area contributed by atoms with Crippen molar-refractivity contribution < 1.29 is 14.4 Å². The fourth-order valence-electron chi connectivity index (χ4n) is 3.57. The van der Waals surface area contributed by atoms with Gasteiger partial charge >= 0.3 is 0 Å². The summed E-state index contributed by atoms with van der Waals surface area (Å²) in [5.74, 6) is -1.78. The highest BCUT2D eigenvalue weighted by Crippen LogP contribution is 2.35. The molecule has 4 rings (SSSR count). The lowest BCUT2D eigenvalue weighted by atomic mass is 9.91. The third kappa shape index (κ3) is 3.37. The number of carbonyl (C=O) groups is 3. The number of rotatable bonds is 4. The van der Waals surface area contributed by atoms with E-state index in [0.29, 0.717) is 16.9 Å². The first-order valence-corrected chi connectivity index (χ1v) is 9.23. The van der Waals surface area contributed by atoms with Crippen LogP contribution in [0, 0.1) is 5.92 Å². The maximum absolute atomic E-state index is 13.4. The summed E-state index contributed by atoms with van der Waals surface area (Å²) >= 11 is 0. The van der Waals surface area contributed by atoms with E-state index in [2.05, 4.69) is 0 Å². The molecular weight excluding hydrogens is 350 g/mol. The van der Waals surface area contributed by atoms with E-state index in [1.165, 1.54) is 0 Å². The Bertz CT molecular complexity index is 1030. The Morgan fingerprint density at radius 1 is 0.821 bits per heavy atom. The van der Waals surface area contributed by atoms with E-state index in [1.54, 1.807) is 29.2 Å². The van der Waals surface area contributed by atoms with Crippen molar-refractivity contribution in [2.75, 3.05) is 4.90 Å². The number of fused-ring (bicyclic) bond motifs is 1. The molecule has 0 spiro atoms. The van der Waals surface area contributed by atoms with E-state index in [4.69, 9.17) is 0 Å². The highest BCUT2D eigenvalue weighted by Gasteiger charge is 2.37. The van der Waals surface area contributed by atoms with Crippen LogP contribution < -0.4 is 4.90 Å². The highest BCUT2D eigenvalue weighted by molar-refractivity contribution is 6.17. The molecule has 3 aromatic carbocycles. The fourth-order valence-corrected chi connectivity index (χ4v) is 3.57. The number of para-hydroxylation sites is 2. The molecule has 0 aromatic heterocycles. The molecule has 0 saturated heterocycles. The molecular formula is C24H19NO3. The SMILES string of the molecule is O=C(CC1C(=O)Cc2ccccc2N(c2ccccc2)C1=O)c1ccccc1. The van der Waals surface area contributed by atoms with Gasteiger partial charge in [-0.25, -0.2) is 0 Å². The van der Waals surface area contributed by atoms with Crippen molar-refractivity contribution in [2.24, 2.45) is 5.92 Å². The van der Waals surface area contributed by atoms with Crippen molar-refractivity contribution in [1.82, 2.24) is 0 Å². The minimum Gasteiger partial charge on any atom is -0.298 e. The Hall–Kier alpha value is -3.53. The van der Waals surface area contributed by atoms with Crippen molar-refractivity contribution in [3.63, 3.8) is 0 Å². The number of benzene rings is 3. The van der Waals surface area contributed by atoms with Gasteiger partial charge in [-0.1, -0.05) is 66.7 Å². The predicted octanol–water partition coefficient (Wildman–Crippen LogP) is 4.37. The Morgan fingerprint density at radius 3 is 2.14 bits per heavy atom. The van der Waals surface area contributed by atoms with Gasteiger partial charge in [-0.3, -0.25) is 19.3 Å². The molecule has 1 aliphatic rings. The molecule has 1 unspecified atom stereocenters. The van der Waals surface area contributed by atoms with E-state index in [1.807, 2.05) is 60.7 Å². The monoisotopic (exact) mass is 369 g/mol. The molecule has 1 atom stereocenters. The summed E-state index contributed by atoms with van der Waals surface area (Å²) in [6.07, 6.45) is 0.0109. The van der Waals surface area contributed by atoms with Crippen LogP contribution in [0.15, 0.2) is 84.9 Å². The fraction of sp³-hybridized carbons (Fsp3) is 0.125. The van der Waals surface area contributed by atoms with E-state index >= 15 is 0 Å². The van der Waals surface area contributed by atoms with Gasteiger partial charge in [-0.2, -0.15) is 0 Å². The van der Waals surface area contributed by atoms with Gasteiger partial charge in [-0.15, -0.1) is 0 Å². The van der Waals surface area contributed by atoms with Crippen LogP contribution in [-0.4, -0.2) is 17.5 Å². The van der Waals surface area contributed by atoms with Crippen LogP contribution in [-0.2, 0) is 16.0 Å². The number of anilines is 2. The molecule has 0 saturated carbocycles. The summed E-state index contributed by atoms with van der Waals surface area (Å²) in [6.45, 7) is 0. The number of ketones is 2. The molecule has 1 aliphatic heterocycles. The minimum atomic E-state index is -1.000. The maximum atomic E-state index is 13.4. The molecule has 1 heterocycles. The second-order valence-corrected chi connectivity index (χ2v) is 6.83. The van der Waals surface area contributed by atoms with Gasteiger partial charge in [0.15, 0.2) is 5.78 Å². The highest BCUT2D eigenvalue weighted by atomic mass is 16.2. The summed E-state index contributed by atoms with van der Waals surface area (Å²) in [5.41, 5.74) is 2.68. The lowest BCUT2D eigenvalue weighted by molar-refractivity contribution is -0.131. The molecule has 0 radical (unpaired) electrons. The summed E-state index contributed by atoms with van der Waals surface area (Å²) in [6, 6.07) is 25.4. The van der Waals surface area contributed by atoms with Crippen molar-refractivity contribution >= 4 is 28.8 Å². The van der Waals surface area contributed by atoms with Gasteiger partial charge < -0.3 is 0 Å². The van der Waals surface area contributed by atoms with Gasteiger partial charge in [0.2, 0.25) is 5.91 Å². The smallest absolute Gasteiger partial charge is 0.242 e. The third-order valence-corrected chi connectivity index (χ3v) is 5.00. The van der Waals surface area contributed by atoms with Crippen LogP contribution in [0.3, 0.4) is 0 Å². The Kier molecular flexibility index (Phi) is 4.85. The van der Waals surface area contributed by atoms with E-state index in [9.17, 15) is 14.4 Å². The Balaban J connectivity index is 1.74. The number of amides is 1. The number of hydrogen-bond donors (Lipinski definition) is 0. The average molecular weight is 369 g/mol. The zero-order chi connectivity index (χ0) is 19.5. The van der Waals surface area contributed by atoms with Crippen LogP contribution in [0.4, 0.5) is 11.4 Å². The van der Waals surface area contributed by atoms with Crippen LogP contribution in [0.5, 0.6) is 0 Å². The summed E-state index contributed by atoms with van der Waals surface area (Å²) in [4.78, 5) is 40.7. The van der Waals surface area contributed by atoms with Gasteiger partial charge in [0.25, 0.3) is 0 Å². The maximum Gasteiger partial charge on any atom is 0.242 e. The first kappa shape index (κ1) is 17.9. The predicted molar refractivity (Wildman–Crippen MR) is 108 cm³/mol. The van der Waals surface area contributed by atoms with Gasteiger partial charge in [-0.05, 0) is 23.8 Å². The molecule has 0 aliphatic carbocycles.